The summed E-state index contributed by atoms with van der Waals surface area (Å²) in [7, 11) is 0. The first kappa shape index (κ1) is 13.1. The summed E-state index contributed by atoms with van der Waals surface area (Å²) in [5.41, 5.74) is 7.73. The van der Waals surface area contributed by atoms with E-state index in [4.69, 9.17) is 10.5 Å². The number of ether oxygens (including phenoxy) is 1. The van der Waals surface area contributed by atoms with Gasteiger partial charge in [0.2, 0.25) is 5.91 Å². The van der Waals surface area contributed by atoms with Crippen LogP contribution in [0.15, 0.2) is 24.3 Å². The van der Waals surface area contributed by atoms with Crippen LogP contribution in [0.3, 0.4) is 0 Å². The quantitative estimate of drug-likeness (QED) is 0.848. The summed E-state index contributed by atoms with van der Waals surface area (Å²) in [6.07, 6.45) is 1.53. The summed E-state index contributed by atoms with van der Waals surface area (Å²) in [5.74, 6) is -0.0112. The van der Waals surface area contributed by atoms with E-state index in [9.17, 15) is 4.79 Å². The summed E-state index contributed by atoms with van der Waals surface area (Å²) >= 11 is 0. The van der Waals surface area contributed by atoms with Crippen LogP contribution < -0.4 is 11.1 Å². The fourth-order valence-corrected chi connectivity index (χ4v) is 2.12. The lowest BCUT2D eigenvalue weighted by Gasteiger charge is -2.17. The molecule has 1 saturated heterocycles. The Morgan fingerprint density at radius 2 is 2.22 bits per heavy atom. The van der Waals surface area contributed by atoms with E-state index in [1.165, 1.54) is 0 Å². The highest BCUT2D eigenvalue weighted by molar-refractivity contribution is 5.81. The van der Waals surface area contributed by atoms with Crippen LogP contribution in [0.5, 0.6) is 0 Å². The van der Waals surface area contributed by atoms with E-state index in [1.807, 2.05) is 31.2 Å². The first-order valence-electron chi connectivity index (χ1n) is 6.41. The number of carbonyl (C=O) groups is 1. The predicted molar refractivity (Wildman–Crippen MR) is 69.9 cm³/mol. The Hall–Kier alpha value is -1.39. The highest BCUT2D eigenvalue weighted by Gasteiger charge is 2.24. The summed E-state index contributed by atoms with van der Waals surface area (Å²) in [6.45, 7) is 3.21. The number of hydrogen-bond acceptors (Lipinski definition) is 3. The van der Waals surface area contributed by atoms with Crippen molar-refractivity contribution in [3.63, 3.8) is 0 Å². The third-order valence-electron chi connectivity index (χ3n) is 3.30. The van der Waals surface area contributed by atoms with Gasteiger partial charge in [-0.25, -0.2) is 0 Å². The van der Waals surface area contributed by atoms with Crippen molar-refractivity contribution in [3.05, 3.63) is 35.4 Å². The molecule has 2 rings (SSSR count). The first-order valence-corrected chi connectivity index (χ1v) is 6.41. The molecule has 0 spiro atoms. The van der Waals surface area contributed by atoms with Crippen molar-refractivity contribution in [2.45, 2.75) is 38.5 Å². The lowest BCUT2D eigenvalue weighted by atomic mass is 10.1. The SMILES string of the molecule is CC(NC(=O)C1CCCO1)c1ccc(CN)cc1. The standard InChI is InChI=1S/C14H20N2O2/c1-10(12-6-4-11(9-15)5-7-12)16-14(17)13-3-2-8-18-13/h4-7,10,13H,2-3,8-9,15H2,1H3,(H,16,17). The molecule has 4 heteroatoms. The van der Waals surface area contributed by atoms with Crippen molar-refractivity contribution in [1.29, 1.82) is 0 Å². The largest absolute Gasteiger partial charge is 0.368 e. The second-order valence-corrected chi connectivity index (χ2v) is 4.68. The van der Waals surface area contributed by atoms with Gasteiger partial charge in [0.1, 0.15) is 6.10 Å². The molecule has 18 heavy (non-hydrogen) atoms. The molecule has 1 aromatic carbocycles. The highest BCUT2D eigenvalue weighted by atomic mass is 16.5. The average Bonchev–Trinajstić information content (AvgIpc) is 2.92. The zero-order valence-corrected chi connectivity index (χ0v) is 10.7. The normalized spacial score (nSPS) is 20.7. The molecule has 2 unspecified atom stereocenters. The zero-order chi connectivity index (χ0) is 13.0. The van der Waals surface area contributed by atoms with E-state index in [0.717, 1.165) is 24.0 Å². The minimum atomic E-state index is -0.268. The number of amides is 1. The van der Waals surface area contributed by atoms with Crippen molar-refractivity contribution >= 4 is 5.91 Å². The third-order valence-corrected chi connectivity index (χ3v) is 3.30. The summed E-state index contributed by atoms with van der Waals surface area (Å²) in [5, 5.41) is 2.98. The van der Waals surface area contributed by atoms with E-state index < -0.39 is 0 Å². The van der Waals surface area contributed by atoms with Gasteiger partial charge in [-0.05, 0) is 30.9 Å². The van der Waals surface area contributed by atoms with Gasteiger partial charge in [-0.15, -0.1) is 0 Å². The molecule has 1 aliphatic rings. The molecular weight excluding hydrogens is 228 g/mol. The molecule has 1 heterocycles. The van der Waals surface area contributed by atoms with Gasteiger partial charge < -0.3 is 15.8 Å². The number of hydrogen-bond donors (Lipinski definition) is 2. The maximum Gasteiger partial charge on any atom is 0.249 e. The minimum Gasteiger partial charge on any atom is -0.368 e. The molecule has 0 bridgehead atoms. The van der Waals surface area contributed by atoms with Crippen LogP contribution in [-0.2, 0) is 16.1 Å². The van der Waals surface area contributed by atoms with Gasteiger partial charge in [0.05, 0.1) is 6.04 Å². The van der Waals surface area contributed by atoms with Gasteiger partial charge in [-0.3, -0.25) is 4.79 Å². The zero-order valence-electron chi connectivity index (χ0n) is 10.7. The molecule has 1 amide bonds. The predicted octanol–water partition coefficient (Wildman–Crippen LogP) is 1.50. The van der Waals surface area contributed by atoms with Gasteiger partial charge in [0.25, 0.3) is 0 Å². The maximum atomic E-state index is 11.9. The Morgan fingerprint density at radius 3 is 2.78 bits per heavy atom. The van der Waals surface area contributed by atoms with Crippen molar-refractivity contribution in [1.82, 2.24) is 5.32 Å². The van der Waals surface area contributed by atoms with Crippen LogP contribution in [0.1, 0.15) is 36.9 Å². The Morgan fingerprint density at radius 1 is 1.50 bits per heavy atom. The minimum absolute atomic E-state index is 0.00600. The van der Waals surface area contributed by atoms with E-state index in [-0.39, 0.29) is 18.1 Å². The Kier molecular flexibility index (Phi) is 4.33. The molecule has 0 radical (unpaired) electrons. The molecule has 0 aromatic heterocycles. The molecule has 4 nitrogen and oxygen atoms in total. The Labute approximate surface area is 108 Å². The number of nitrogens with one attached hydrogen (secondary N) is 1. The molecule has 0 saturated carbocycles. The molecule has 1 aromatic rings. The summed E-state index contributed by atoms with van der Waals surface area (Å²) in [6, 6.07) is 7.98. The molecule has 1 fully saturated rings. The van der Waals surface area contributed by atoms with E-state index in [0.29, 0.717) is 13.2 Å². The summed E-state index contributed by atoms with van der Waals surface area (Å²) in [4.78, 5) is 11.9. The molecule has 3 N–H and O–H groups in total. The van der Waals surface area contributed by atoms with E-state index in [1.54, 1.807) is 0 Å². The monoisotopic (exact) mass is 248 g/mol. The second-order valence-electron chi connectivity index (χ2n) is 4.68. The van der Waals surface area contributed by atoms with Gasteiger partial charge in [0.15, 0.2) is 0 Å². The van der Waals surface area contributed by atoms with Crippen molar-refractivity contribution in [2.75, 3.05) is 6.61 Å². The van der Waals surface area contributed by atoms with Gasteiger partial charge in [-0.1, -0.05) is 24.3 Å². The van der Waals surface area contributed by atoms with Crippen molar-refractivity contribution < 1.29 is 9.53 Å². The van der Waals surface area contributed by atoms with E-state index >= 15 is 0 Å². The smallest absolute Gasteiger partial charge is 0.249 e. The molecule has 0 aliphatic carbocycles. The van der Waals surface area contributed by atoms with Crippen molar-refractivity contribution in [2.24, 2.45) is 5.73 Å². The Bertz CT molecular complexity index is 397. The van der Waals surface area contributed by atoms with Gasteiger partial charge >= 0.3 is 0 Å². The average molecular weight is 248 g/mol. The van der Waals surface area contributed by atoms with Crippen LogP contribution in [0.4, 0.5) is 0 Å². The van der Waals surface area contributed by atoms with Crippen LogP contribution >= 0.6 is 0 Å². The maximum absolute atomic E-state index is 11.9. The second kappa shape index (κ2) is 5.98. The lowest BCUT2D eigenvalue weighted by Crippen LogP contribution is -2.35. The number of nitrogens with two attached hydrogens (primary N) is 1. The van der Waals surface area contributed by atoms with E-state index in [2.05, 4.69) is 5.32 Å². The molecule has 1 aliphatic heterocycles. The van der Waals surface area contributed by atoms with Crippen LogP contribution in [0, 0.1) is 0 Å². The molecule has 98 valence electrons. The fourth-order valence-electron chi connectivity index (χ4n) is 2.12. The number of rotatable bonds is 4. The summed E-state index contributed by atoms with van der Waals surface area (Å²) < 4.78 is 5.36. The van der Waals surface area contributed by atoms with Gasteiger partial charge in [0, 0.05) is 13.2 Å². The third kappa shape index (κ3) is 3.09. The Balaban J connectivity index is 1.93. The van der Waals surface area contributed by atoms with Crippen LogP contribution in [-0.4, -0.2) is 18.6 Å². The number of benzene rings is 1. The first-order chi connectivity index (χ1) is 8.70. The topological polar surface area (TPSA) is 64.3 Å². The van der Waals surface area contributed by atoms with Gasteiger partial charge in [-0.2, -0.15) is 0 Å². The molecular formula is C14H20N2O2. The highest BCUT2D eigenvalue weighted by Crippen LogP contribution is 2.16. The number of carbonyl (C=O) groups excluding carboxylic acids is 1. The fraction of sp³-hybridized carbons (Fsp3) is 0.500. The lowest BCUT2D eigenvalue weighted by molar-refractivity contribution is -0.130. The van der Waals surface area contributed by atoms with Crippen LogP contribution in [0.25, 0.3) is 0 Å². The van der Waals surface area contributed by atoms with Crippen LogP contribution in [0.2, 0.25) is 0 Å². The molecule has 2 atom stereocenters. The van der Waals surface area contributed by atoms with Crippen molar-refractivity contribution in [3.8, 4) is 0 Å².